The van der Waals surface area contributed by atoms with Gasteiger partial charge in [0.05, 0.1) is 12.3 Å². The standard InChI is InChI=1S/C30H26ClN3O/c1-22-19-23(17-18-32-22)29-24(21-35-2)20-34(33-29)30(25-11-5-3-6-12-25,26-13-7-4-8-14-26)27-15-9-10-16-28(27)31/h3-20H,21H2,1-2H3. The summed E-state index contributed by atoms with van der Waals surface area (Å²) in [6, 6.07) is 32.8. The number of pyridine rings is 1. The molecule has 3 aromatic carbocycles. The van der Waals surface area contributed by atoms with Crippen LogP contribution in [0.5, 0.6) is 0 Å². The van der Waals surface area contributed by atoms with E-state index in [1.807, 2.05) is 60.3 Å². The van der Waals surface area contributed by atoms with Crippen molar-refractivity contribution in [1.82, 2.24) is 14.8 Å². The highest BCUT2D eigenvalue weighted by Crippen LogP contribution is 2.44. The second-order valence-electron chi connectivity index (χ2n) is 8.49. The predicted molar refractivity (Wildman–Crippen MR) is 141 cm³/mol. The number of halogens is 1. The Kier molecular flexibility index (Phi) is 6.49. The first-order valence-electron chi connectivity index (χ1n) is 11.5. The van der Waals surface area contributed by atoms with E-state index in [0.29, 0.717) is 11.6 Å². The molecule has 4 nitrogen and oxygen atoms in total. The lowest BCUT2D eigenvalue weighted by Crippen LogP contribution is -2.38. The number of methoxy groups -OCH3 is 1. The van der Waals surface area contributed by atoms with Crippen LogP contribution in [0.25, 0.3) is 11.3 Å². The molecule has 5 aromatic rings. The quantitative estimate of drug-likeness (QED) is 0.238. The first-order chi connectivity index (χ1) is 17.1. The third kappa shape index (κ3) is 4.16. The number of nitrogens with zero attached hydrogens (tertiary/aromatic N) is 3. The zero-order chi connectivity index (χ0) is 24.3. The van der Waals surface area contributed by atoms with Gasteiger partial charge < -0.3 is 4.74 Å². The lowest BCUT2D eigenvalue weighted by atomic mass is 9.77. The Morgan fingerprint density at radius 2 is 1.49 bits per heavy atom. The van der Waals surface area contributed by atoms with Crippen LogP contribution in [-0.2, 0) is 16.9 Å². The number of hydrogen-bond donors (Lipinski definition) is 0. The highest BCUT2D eigenvalue weighted by Gasteiger charge is 2.41. The lowest BCUT2D eigenvalue weighted by molar-refractivity contribution is 0.185. The molecule has 0 spiro atoms. The monoisotopic (exact) mass is 479 g/mol. The van der Waals surface area contributed by atoms with Crippen molar-refractivity contribution in [3.8, 4) is 11.3 Å². The van der Waals surface area contributed by atoms with Crippen LogP contribution in [0.15, 0.2) is 109 Å². The maximum Gasteiger partial charge on any atom is 0.139 e. The van der Waals surface area contributed by atoms with Crippen LogP contribution in [0.1, 0.15) is 27.9 Å². The second kappa shape index (κ2) is 9.87. The number of hydrogen-bond acceptors (Lipinski definition) is 3. The van der Waals surface area contributed by atoms with Gasteiger partial charge in [-0.3, -0.25) is 9.67 Å². The van der Waals surface area contributed by atoms with Gasteiger partial charge in [-0.1, -0.05) is 90.5 Å². The SMILES string of the molecule is COCc1cn(C(c2ccccc2)(c2ccccc2)c2ccccc2Cl)nc1-c1ccnc(C)c1. The first-order valence-corrected chi connectivity index (χ1v) is 11.9. The van der Waals surface area contributed by atoms with Crippen LogP contribution < -0.4 is 0 Å². The molecule has 0 saturated carbocycles. The van der Waals surface area contributed by atoms with Crippen molar-refractivity contribution >= 4 is 11.6 Å². The van der Waals surface area contributed by atoms with Gasteiger partial charge in [0, 0.05) is 46.9 Å². The molecule has 0 bridgehead atoms. The van der Waals surface area contributed by atoms with E-state index in [1.54, 1.807) is 7.11 Å². The predicted octanol–water partition coefficient (Wildman–Crippen LogP) is 6.89. The minimum Gasteiger partial charge on any atom is -0.380 e. The van der Waals surface area contributed by atoms with Crippen molar-refractivity contribution in [2.45, 2.75) is 19.1 Å². The molecule has 35 heavy (non-hydrogen) atoms. The highest BCUT2D eigenvalue weighted by atomic mass is 35.5. The molecule has 0 unspecified atom stereocenters. The zero-order valence-corrected chi connectivity index (χ0v) is 20.5. The summed E-state index contributed by atoms with van der Waals surface area (Å²) in [6.45, 7) is 2.41. The molecule has 174 valence electrons. The van der Waals surface area contributed by atoms with Crippen molar-refractivity contribution < 1.29 is 4.74 Å². The Hall–Kier alpha value is -3.73. The molecule has 5 rings (SSSR count). The number of aromatic nitrogens is 3. The number of rotatable bonds is 7. The fraction of sp³-hybridized carbons (Fsp3) is 0.133. The van der Waals surface area contributed by atoms with Gasteiger partial charge in [-0.15, -0.1) is 0 Å². The maximum atomic E-state index is 6.93. The van der Waals surface area contributed by atoms with Crippen molar-refractivity contribution in [2.75, 3.05) is 7.11 Å². The Balaban J connectivity index is 1.89. The molecule has 0 aliphatic carbocycles. The van der Waals surface area contributed by atoms with Gasteiger partial charge in [-0.2, -0.15) is 5.10 Å². The van der Waals surface area contributed by atoms with Crippen molar-refractivity contribution in [1.29, 1.82) is 0 Å². The molecule has 0 aliphatic heterocycles. The maximum absolute atomic E-state index is 6.93. The van der Waals surface area contributed by atoms with E-state index in [1.165, 1.54) is 0 Å². The molecule has 0 aliphatic rings. The normalized spacial score (nSPS) is 11.5. The van der Waals surface area contributed by atoms with Crippen molar-refractivity contribution in [2.24, 2.45) is 0 Å². The topological polar surface area (TPSA) is 39.9 Å². The molecule has 0 fully saturated rings. The molecule has 2 heterocycles. The van der Waals surface area contributed by atoms with E-state index in [9.17, 15) is 0 Å². The molecule has 0 saturated heterocycles. The number of ether oxygens (including phenoxy) is 1. The average molecular weight is 480 g/mol. The Morgan fingerprint density at radius 3 is 2.09 bits per heavy atom. The molecule has 0 N–H and O–H groups in total. The van der Waals surface area contributed by atoms with Gasteiger partial charge in [0.2, 0.25) is 0 Å². The summed E-state index contributed by atoms with van der Waals surface area (Å²) in [5.74, 6) is 0. The van der Waals surface area contributed by atoms with Crippen LogP contribution >= 0.6 is 11.6 Å². The molecular formula is C30H26ClN3O. The van der Waals surface area contributed by atoms with Crippen LogP contribution in [0.2, 0.25) is 5.02 Å². The van der Waals surface area contributed by atoms with E-state index in [-0.39, 0.29) is 0 Å². The van der Waals surface area contributed by atoms with Crippen LogP contribution in [0.4, 0.5) is 0 Å². The third-order valence-electron chi connectivity index (χ3n) is 6.25. The van der Waals surface area contributed by atoms with E-state index in [2.05, 4.69) is 65.8 Å². The minimum absolute atomic E-state index is 0.429. The van der Waals surface area contributed by atoms with Gasteiger partial charge in [-0.05, 0) is 36.2 Å². The summed E-state index contributed by atoms with van der Waals surface area (Å²) in [6.07, 6.45) is 3.90. The van der Waals surface area contributed by atoms with Gasteiger partial charge in [0.15, 0.2) is 0 Å². The highest BCUT2D eigenvalue weighted by molar-refractivity contribution is 6.31. The van der Waals surface area contributed by atoms with Crippen molar-refractivity contribution in [3.63, 3.8) is 0 Å². The molecular weight excluding hydrogens is 454 g/mol. The first kappa shape index (κ1) is 23.0. The van der Waals surface area contributed by atoms with Gasteiger partial charge in [0.1, 0.15) is 5.54 Å². The minimum atomic E-state index is -0.802. The fourth-order valence-corrected chi connectivity index (χ4v) is 5.03. The van der Waals surface area contributed by atoms with E-state index >= 15 is 0 Å². The Morgan fingerprint density at radius 1 is 0.857 bits per heavy atom. The molecule has 0 atom stereocenters. The second-order valence-corrected chi connectivity index (χ2v) is 8.90. The molecule has 0 radical (unpaired) electrons. The van der Waals surface area contributed by atoms with E-state index in [0.717, 1.165) is 39.2 Å². The fourth-order valence-electron chi connectivity index (χ4n) is 4.76. The zero-order valence-electron chi connectivity index (χ0n) is 19.7. The molecule has 5 heteroatoms. The third-order valence-corrected chi connectivity index (χ3v) is 6.58. The average Bonchev–Trinajstić information content (AvgIpc) is 3.31. The van der Waals surface area contributed by atoms with Crippen molar-refractivity contribution in [3.05, 3.63) is 142 Å². The Bertz CT molecular complexity index is 1390. The van der Waals surface area contributed by atoms with Crippen LogP contribution in [-0.4, -0.2) is 21.9 Å². The van der Waals surface area contributed by atoms with Gasteiger partial charge >= 0.3 is 0 Å². The van der Waals surface area contributed by atoms with E-state index < -0.39 is 5.54 Å². The summed E-state index contributed by atoms with van der Waals surface area (Å²) in [5, 5.41) is 5.90. The summed E-state index contributed by atoms with van der Waals surface area (Å²) in [4.78, 5) is 4.37. The molecule has 2 aromatic heterocycles. The van der Waals surface area contributed by atoms with Crippen LogP contribution in [0.3, 0.4) is 0 Å². The van der Waals surface area contributed by atoms with Gasteiger partial charge in [0.25, 0.3) is 0 Å². The Labute approximate surface area is 210 Å². The summed E-state index contributed by atoms with van der Waals surface area (Å²) in [5.41, 5.74) is 6.04. The summed E-state index contributed by atoms with van der Waals surface area (Å²) < 4.78 is 7.63. The summed E-state index contributed by atoms with van der Waals surface area (Å²) >= 11 is 6.93. The van der Waals surface area contributed by atoms with E-state index in [4.69, 9.17) is 21.4 Å². The molecule has 0 amide bonds. The summed E-state index contributed by atoms with van der Waals surface area (Å²) in [7, 11) is 1.70. The number of benzene rings is 3. The van der Waals surface area contributed by atoms with Crippen LogP contribution in [0, 0.1) is 6.92 Å². The van der Waals surface area contributed by atoms with Gasteiger partial charge in [-0.25, -0.2) is 0 Å². The lowest BCUT2D eigenvalue weighted by Gasteiger charge is -2.37. The largest absolute Gasteiger partial charge is 0.380 e. The number of aryl methyl sites for hydroxylation is 1. The smallest absolute Gasteiger partial charge is 0.139 e.